The summed E-state index contributed by atoms with van der Waals surface area (Å²) in [6.07, 6.45) is 3.42. The molecule has 0 radical (unpaired) electrons. The van der Waals surface area contributed by atoms with Gasteiger partial charge in [0.25, 0.3) is 0 Å². The van der Waals surface area contributed by atoms with Gasteiger partial charge in [-0.3, -0.25) is 9.59 Å². The number of amides is 2. The van der Waals surface area contributed by atoms with E-state index in [-0.39, 0.29) is 18.4 Å². The molecule has 3 saturated heterocycles. The van der Waals surface area contributed by atoms with Crippen LogP contribution in [0, 0.1) is 25.7 Å². The topological polar surface area (TPSA) is 103 Å². The lowest BCUT2D eigenvalue weighted by Gasteiger charge is -2.33. The molecule has 7 rings (SSSR count). The number of hydrogen-bond donors (Lipinski definition) is 0. The van der Waals surface area contributed by atoms with E-state index in [9.17, 15) is 9.59 Å². The number of rotatable bonds is 5. The van der Waals surface area contributed by atoms with Crippen LogP contribution in [0.15, 0.2) is 48.6 Å². The fourth-order valence-corrected chi connectivity index (χ4v) is 7.37. The van der Waals surface area contributed by atoms with Gasteiger partial charge in [0, 0.05) is 28.7 Å². The highest BCUT2D eigenvalue weighted by atomic mass is 35.5. The maximum absolute atomic E-state index is 14.5. The Balaban J connectivity index is 1.34. The molecule has 4 aliphatic heterocycles. The number of benzene rings is 2. The molecule has 2 bridgehead atoms. The van der Waals surface area contributed by atoms with Crippen molar-refractivity contribution in [3.63, 3.8) is 0 Å². The first-order valence-electron chi connectivity index (χ1n) is 13.6. The Hall–Kier alpha value is -3.31. The molecule has 5 heterocycles. The van der Waals surface area contributed by atoms with E-state index in [1.165, 1.54) is 0 Å². The first kappa shape index (κ1) is 26.6. The molecule has 12 heteroatoms. The number of aromatic nitrogens is 4. The third kappa shape index (κ3) is 4.11. The van der Waals surface area contributed by atoms with Crippen molar-refractivity contribution in [1.82, 2.24) is 30.0 Å². The van der Waals surface area contributed by atoms with Gasteiger partial charge in [0.2, 0.25) is 11.8 Å². The van der Waals surface area contributed by atoms with Crippen molar-refractivity contribution in [1.29, 1.82) is 0 Å². The highest BCUT2D eigenvalue weighted by molar-refractivity contribution is 6.35. The molecule has 0 aliphatic carbocycles. The first-order valence-corrected chi connectivity index (χ1v) is 14.4. The van der Waals surface area contributed by atoms with Crippen molar-refractivity contribution in [3.8, 4) is 5.69 Å². The van der Waals surface area contributed by atoms with Crippen LogP contribution in [0.4, 0.5) is 0 Å². The van der Waals surface area contributed by atoms with Gasteiger partial charge >= 0.3 is 0 Å². The molecular weight excluding hydrogens is 567 g/mol. The van der Waals surface area contributed by atoms with Crippen molar-refractivity contribution >= 4 is 35.0 Å². The van der Waals surface area contributed by atoms with Crippen LogP contribution in [-0.2, 0) is 19.1 Å². The van der Waals surface area contributed by atoms with Crippen molar-refractivity contribution in [2.24, 2.45) is 11.8 Å². The van der Waals surface area contributed by atoms with Gasteiger partial charge in [0.15, 0.2) is 5.82 Å². The van der Waals surface area contributed by atoms with Gasteiger partial charge < -0.3 is 19.3 Å². The predicted molar refractivity (Wildman–Crippen MR) is 150 cm³/mol. The number of carbonyl (C=O) groups is 2. The number of aryl methyl sites for hydroxylation is 2. The molecule has 3 aromatic rings. The standard InChI is InChI=1S/C29H28Cl2N6O4/c1-16-4-3-5-17(2)24(16)37-26(32-33-34-37)25(19-7-6-18(30)14-20(19)31)36-15-29-9-8-21(41-29)22(23(29)28(36)39)27(38)35-10-12-40-13-11-35/h3-9,14,21-23,25H,10-13,15H2,1-2H3/t21-,22+,23-,25+,29+/m1/s1. The zero-order valence-corrected chi connectivity index (χ0v) is 24.0. The molecule has 4 aliphatic rings. The fraction of sp³-hybridized carbons (Fsp3) is 0.414. The van der Waals surface area contributed by atoms with E-state index in [0.717, 1.165) is 16.8 Å². The molecule has 3 fully saturated rings. The molecule has 0 N–H and O–H groups in total. The molecule has 2 aromatic carbocycles. The van der Waals surface area contributed by atoms with Gasteiger partial charge in [-0.25, -0.2) is 0 Å². The van der Waals surface area contributed by atoms with Gasteiger partial charge in [-0.05, 0) is 47.5 Å². The van der Waals surface area contributed by atoms with E-state index in [1.807, 2.05) is 44.2 Å². The molecule has 2 amide bonds. The van der Waals surface area contributed by atoms with Crippen LogP contribution in [0.1, 0.15) is 28.6 Å². The van der Waals surface area contributed by atoms with Crippen LogP contribution in [0.25, 0.3) is 5.69 Å². The van der Waals surface area contributed by atoms with E-state index in [1.54, 1.807) is 32.7 Å². The van der Waals surface area contributed by atoms with Gasteiger partial charge in [0.05, 0.1) is 43.4 Å². The molecule has 1 aromatic heterocycles. The number of nitrogens with zero attached hydrogens (tertiary/aromatic N) is 6. The number of halogens is 2. The minimum atomic E-state index is -0.928. The van der Waals surface area contributed by atoms with E-state index in [2.05, 4.69) is 15.5 Å². The van der Waals surface area contributed by atoms with Crippen LogP contribution in [0.2, 0.25) is 10.0 Å². The van der Waals surface area contributed by atoms with Gasteiger partial charge in [-0.2, -0.15) is 4.68 Å². The van der Waals surface area contributed by atoms with Gasteiger partial charge in [-0.1, -0.05) is 59.6 Å². The number of ether oxygens (including phenoxy) is 2. The summed E-state index contributed by atoms with van der Waals surface area (Å²) in [4.78, 5) is 31.8. The number of para-hydroxylation sites is 1. The molecule has 212 valence electrons. The van der Waals surface area contributed by atoms with Crippen LogP contribution < -0.4 is 0 Å². The van der Waals surface area contributed by atoms with Crippen LogP contribution >= 0.6 is 23.2 Å². The van der Waals surface area contributed by atoms with Crippen LogP contribution in [-0.4, -0.2) is 86.4 Å². The molecule has 0 unspecified atom stereocenters. The van der Waals surface area contributed by atoms with Gasteiger partial charge in [0.1, 0.15) is 11.6 Å². The highest BCUT2D eigenvalue weighted by Crippen LogP contribution is 2.54. The summed E-state index contributed by atoms with van der Waals surface area (Å²) in [5.74, 6) is -1.15. The Morgan fingerprint density at radius 2 is 1.88 bits per heavy atom. The molecule has 41 heavy (non-hydrogen) atoms. The van der Waals surface area contributed by atoms with E-state index in [4.69, 9.17) is 32.7 Å². The van der Waals surface area contributed by atoms with Crippen LogP contribution in [0.3, 0.4) is 0 Å². The molecule has 5 atom stereocenters. The zero-order chi connectivity index (χ0) is 28.5. The van der Waals surface area contributed by atoms with Crippen molar-refractivity contribution in [2.75, 3.05) is 32.8 Å². The average Bonchev–Trinajstić information content (AvgIpc) is 3.72. The van der Waals surface area contributed by atoms with E-state index in [0.29, 0.717) is 47.7 Å². The lowest BCUT2D eigenvalue weighted by Crippen LogP contribution is -2.49. The summed E-state index contributed by atoms with van der Waals surface area (Å²) in [5, 5.41) is 13.7. The summed E-state index contributed by atoms with van der Waals surface area (Å²) < 4.78 is 13.6. The van der Waals surface area contributed by atoms with E-state index >= 15 is 0 Å². The number of fused-ring (bicyclic) bond motifs is 1. The lowest BCUT2D eigenvalue weighted by molar-refractivity contribution is -0.146. The fourth-order valence-electron chi connectivity index (χ4n) is 6.86. The molecule has 10 nitrogen and oxygen atoms in total. The highest BCUT2D eigenvalue weighted by Gasteiger charge is 2.68. The Kier molecular flexibility index (Phi) is 6.42. The Labute approximate surface area is 246 Å². The summed E-state index contributed by atoms with van der Waals surface area (Å²) in [7, 11) is 0. The normalized spacial score (nSPS) is 27.5. The number of morpholine rings is 1. The largest absolute Gasteiger partial charge is 0.378 e. The van der Waals surface area contributed by atoms with Crippen molar-refractivity contribution < 1.29 is 19.1 Å². The van der Waals surface area contributed by atoms with Crippen LogP contribution in [0.5, 0.6) is 0 Å². The summed E-state index contributed by atoms with van der Waals surface area (Å²) in [6, 6.07) is 10.4. The zero-order valence-electron chi connectivity index (χ0n) is 22.5. The summed E-state index contributed by atoms with van der Waals surface area (Å²) in [5.41, 5.74) is 2.47. The number of likely N-dealkylation sites (tertiary alicyclic amines) is 1. The quantitative estimate of drug-likeness (QED) is 0.417. The Bertz CT molecular complexity index is 1570. The van der Waals surface area contributed by atoms with Crippen molar-refractivity contribution in [2.45, 2.75) is 31.6 Å². The first-order chi connectivity index (χ1) is 19.8. The second kappa shape index (κ2) is 9.90. The SMILES string of the molecule is Cc1cccc(C)c1-n1nnnc1[C@H](c1ccc(Cl)cc1Cl)N1C[C@]23C=C[C@@H](O2)[C@H](C(=O)N2CCOCC2)[C@@H]3C1=O. The third-order valence-corrected chi connectivity index (χ3v) is 9.26. The third-order valence-electron chi connectivity index (χ3n) is 8.70. The minimum absolute atomic E-state index is 0.0776. The monoisotopic (exact) mass is 594 g/mol. The Morgan fingerprint density at radius 3 is 2.61 bits per heavy atom. The maximum atomic E-state index is 14.5. The Morgan fingerprint density at radius 1 is 1.12 bits per heavy atom. The summed E-state index contributed by atoms with van der Waals surface area (Å²) in [6.45, 7) is 6.15. The smallest absolute Gasteiger partial charge is 0.230 e. The maximum Gasteiger partial charge on any atom is 0.230 e. The average molecular weight is 595 g/mol. The molecule has 1 spiro atoms. The molecule has 0 saturated carbocycles. The summed E-state index contributed by atoms with van der Waals surface area (Å²) >= 11 is 13.1. The van der Waals surface area contributed by atoms with Gasteiger partial charge in [-0.15, -0.1) is 5.10 Å². The van der Waals surface area contributed by atoms with Crippen molar-refractivity contribution in [3.05, 3.63) is 81.1 Å². The predicted octanol–water partition coefficient (Wildman–Crippen LogP) is 3.32. The number of carbonyl (C=O) groups excluding carboxylic acids is 2. The lowest BCUT2D eigenvalue weighted by atomic mass is 9.76. The second-order valence-electron chi connectivity index (χ2n) is 11.1. The second-order valence-corrected chi connectivity index (χ2v) is 11.9. The number of tetrazole rings is 1. The molecular formula is C29H28Cl2N6O4. The number of hydrogen-bond acceptors (Lipinski definition) is 7. The van der Waals surface area contributed by atoms with E-state index < -0.39 is 29.6 Å². The minimum Gasteiger partial charge on any atom is -0.378 e.